The highest BCUT2D eigenvalue weighted by molar-refractivity contribution is 6.30. The van der Waals surface area contributed by atoms with Gasteiger partial charge >= 0.3 is 5.97 Å². The summed E-state index contributed by atoms with van der Waals surface area (Å²) in [5, 5.41) is 3.22. The van der Waals surface area contributed by atoms with Crippen LogP contribution in [0.5, 0.6) is 0 Å². The Morgan fingerprint density at radius 3 is 2.44 bits per heavy atom. The summed E-state index contributed by atoms with van der Waals surface area (Å²) in [5.74, 6) is -1.29. The summed E-state index contributed by atoms with van der Waals surface area (Å²) in [6, 6.07) is 5.05. The van der Waals surface area contributed by atoms with Gasteiger partial charge in [-0.3, -0.25) is 9.59 Å². The molecule has 0 fully saturated rings. The molecule has 1 amide bonds. The van der Waals surface area contributed by atoms with Crippen LogP contribution in [-0.2, 0) is 9.53 Å². The van der Waals surface area contributed by atoms with Gasteiger partial charge in [-0.1, -0.05) is 11.6 Å². The van der Waals surface area contributed by atoms with Crippen LogP contribution in [0.3, 0.4) is 0 Å². The first-order valence-electron chi connectivity index (χ1n) is 7.64. The molecule has 0 radical (unpaired) electrons. The minimum atomic E-state index is -0.684. The predicted molar refractivity (Wildman–Crippen MR) is 95.4 cm³/mol. The molecular formula is C18H19ClN2O4. The number of anilines is 1. The molecule has 2 rings (SSSR count). The Labute approximate surface area is 150 Å². The number of H-pyrrole nitrogens is 1. The summed E-state index contributed by atoms with van der Waals surface area (Å²) in [6.07, 6.45) is 0. The van der Waals surface area contributed by atoms with Crippen LogP contribution in [0.1, 0.15) is 44.6 Å². The number of carbonyl (C=O) groups excluding carboxylic acids is 3. The van der Waals surface area contributed by atoms with Crippen LogP contribution >= 0.6 is 11.6 Å². The normalized spacial score (nSPS) is 10.4. The Morgan fingerprint density at radius 2 is 1.88 bits per heavy atom. The first-order chi connectivity index (χ1) is 11.7. The van der Waals surface area contributed by atoms with Crippen molar-refractivity contribution in [2.45, 2.75) is 27.7 Å². The third kappa shape index (κ3) is 4.28. The van der Waals surface area contributed by atoms with Crippen molar-refractivity contribution in [1.29, 1.82) is 0 Å². The lowest BCUT2D eigenvalue weighted by atomic mass is 10.1. The zero-order chi connectivity index (χ0) is 18.7. The predicted octanol–water partition coefficient (Wildman–Crippen LogP) is 3.59. The minimum absolute atomic E-state index is 0.138. The van der Waals surface area contributed by atoms with Gasteiger partial charge in [-0.05, 0) is 57.0 Å². The maximum Gasteiger partial charge on any atom is 0.355 e. The summed E-state index contributed by atoms with van der Waals surface area (Å²) in [6.45, 7) is 6.17. The Balaban J connectivity index is 2.01. The van der Waals surface area contributed by atoms with Crippen LogP contribution in [0.25, 0.3) is 0 Å². The van der Waals surface area contributed by atoms with Crippen molar-refractivity contribution in [3.05, 3.63) is 51.3 Å². The number of rotatable bonds is 5. The van der Waals surface area contributed by atoms with E-state index in [0.717, 1.165) is 5.56 Å². The van der Waals surface area contributed by atoms with Crippen LogP contribution in [-0.4, -0.2) is 29.3 Å². The Morgan fingerprint density at radius 1 is 1.20 bits per heavy atom. The van der Waals surface area contributed by atoms with Crippen LogP contribution < -0.4 is 5.32 Å². The first-order valence-corrected chi connectivity index (χ1v) is 8.01. The highest BCUT2D eigenvalue weighted by Crippen LogP contribution is 2.20. The molecule has 0 atom stereocenters. The number of aromatic nitrogens is 1. The number of amides is 1. The average molecular weight is 363 g/mol. The molecule has 6 nitrogen and oxygen atoms in total. The van der Waals surface area contributed by atoms with E-state index in [-0.39, 0.29) is 11.5 Å². The van der Waals surface area contributed by atoms with Crippen LogP contribution in [0.2, 0.25) is 5.02 Å². The molecule has 2 aromatic rings. The van der Waals surface area contributed by atoms with Crippen molar-refractivity contribution in [3.8, 4) is 0 Å². The fraction of sp³-hybridized carbons (Fsp3) is 0.278. The van der Waals surface area contributed by atoms with E-state index in [1.807, 2.05) is 6.92 Å². The number of esters is 1. The highest BCUT2D eigenvalue weighted by Gasteiger charge is 2.21. The molecule has 0 saturated heterocycles. The van der Waals surface area contributed by atoms with Crippen LogP contribution in [0, 0.1) is 20.8 Å². The Kier molecular flexibility index (Phi) is 5.64. The third-order valence-electron chi connectivity index (χ3n) is 3.79. The van der Waals surface area contributed by atoms with Gasteiger partial charge in [0.05, 0.1) is 0 Å². The second kappa shape index (κ2) is 7.53. The number of ketones is 1. The van der Waals surface area contributed by atoms with Crippen molar-refractivity contribution < 1.29 is 19.1 Å². The third-order valence-corrected chi connectivity index (χ3v) is 4.03. The number of nitrogens with one attached hydrogen (secondary N) is 2. The lowest BCUT2D eigenvalue weighted by molar-refractivity contribution is -0.119. The van der Waals surface area contributed by atoms with Gasteiger partial charge in [-0.15, -0.1) is 0 Å². The van der Waals surface area contributed by atoms with E-state index in [2.05, 4.69) is 10.3 Å². The summed E-state index contributed by atoms with van der Waals surface area (Å²) < 4.78 is 5.03. The molecular weight excluding hydrogens is 344 g/mol. The lowest BCUT2D eigenvalue weighted by Gasteiger charge is -2.09. The first kappa shape index (κ1) is 18.7. The van der Waals surface area contributed by atoms with Crippen LogP contribution in [0.15, 0.2) is 18.2 Å². The van der Waals surface area contributed by atoms with Crippen molar-refractivity contribution in [1.82, 2.24) is 4.98 Å². The van der Waals surface area contributed by atoms with Gasteiger partial charge in [-0.25, -0.2) is 4.79 Å². The second-order valence-corrected chi connectivity index (χ2v) is 6.20. The fourth-order valence-corrected chi connectivity index (χ4v) is 2.87. The summed E-state index contributed by atoms with van der Waals surface area (Å²) in [5.41, 5.74) is 3.15. The molecule has 1 aromatic carbocycles. The number of aryl methyl sites for hydroxylation is 2. The van der Waals surface area contributed by atoms with Crippen molar-refractivity contribution in [3.63, 3.8) is 0 Å². The van der Waals surface area contributed by atoms with E-state index >= 15 is 0 Å². The van der Waals surface area contributed by atoms with Gasteiger partial charge in [0.25, 0.3) is 5.91 Å². The molecule has 1 heterocycles. The number of benzene rings is 1. The second-order valence-electron chi connectivity index (χ2n) is 5.76. The highest BCUT2D eigenvalue weighted by atomic mass is 35.5. The standard InChI is InChI=1S/C18H19ClN2O4/c1-9-7-13(19)5-6-14(9)21-15(23)8-25-18(24)17-10(2)16(12(4)22)11(3)20-17/h5-7,20H,8H2,1-4H3,(H,21,23). The molecule has 0 spiro atoms. The van der Waals surface area contributed by atoms with Crippen LogP contribution in [0.4, 0.5) is 5.69 Å². The monoisotopic (exact) mass is 362 g/mol. The van der Waals surface area contributed by atoms with Gasteiger partial charge < -0.3 is 15.0 Å². The quantitative estimate of drug-likeness (QED) is 0.628. The fourth-order valence-electron chi connectivity index (χ4n) is 2.64. The minimum Gasteiger partial charge on any atom is -0.451 e. The van der Waals surface area contributed by atoms with Gasteiger partial charge in [0.1, 0.15) is 5.69 Å². The molecule has 0 aliphatic heterocycles. The number of aromatic amines is 1. The van der Waals surface area contributed by atoms with Gasteiger partial charge in [0.15, 0.2) is 12.4 Å². The van der Waals surface area contributed by atoms with E-state index < -0.39 is 18.5 Å². The van der Waals surface area contributed by atoms with E-state index in [4.69, 9.17) is 16.3 Å². The SMILES string of the molecule is CC(=O)c1c(C)[nH]c(C(=O)OCC(=O)Nc2ccc(Cl)cc2C)c1C. The molecule has 0 unspecified atom stereocenters. The number of ether oxygens (including phenoxy) is 1. The number of hydrogen-bond acceptors (Lipinski definition) is 4. The van der Waals surface area contributed by atoms with E-state index in [9.17, 15) is 14.4 Å². The molecule has 132 valence electrons. The molecule has 7 heteroatoms. The molecule has 0 aliphatic carbocycles. The largest absolute Gasteiger partial charge is 0.451 e. The summed E-state index contributed by atoms with van der Waals surface area (Å²) >= 11 is 5.87. The van der Waals surface area contributed by atoms with Crippen molar-refractivity contribution >= 4 is 34.9 Å². The molecule has 2 N–H and O–H groups in total. The smallest absolute Gasteiger partial charge is 0.355 e. The number of carbonyl (C=O) groups is 3. The van der Waals surface area contributed by atoms with Crippen molar-refractivity contribution in [2.24, 2.45) is 0 Å². The van der Waals surface area contributed by atoms with Gasteiger partial charge in [0, 0.05) is 22.0 Å². The Bertz CT molecular complexity index is 855. The number of Topliss-reactive ketones (excluding diaryl/α,β-unsaturated/α-hetero) is 1. The topological polar surface area (TPSA) is 88.3 Å². The van der Waals surface area contributed by atoms with Crippen molar-refractivity contribution in [2.75, 3.05) is 11.9 Å². The van der Waals surface area contributed by atoms with E-state index in [0.29, 0.717) is 27.5 Å². The maximum absolute atomic E-state index is 12.2. The van der Waals surface area contributed by atoms with E-state index in [1.165, 1.54) is 6.92 Å². The Hall–Kier alpha value is -2.60. The average Bonchev–Trinajstić information content (AvgIpc) is 2.82. The number of halogens is 1. The zero-order valence-electron chi connectivity index (χ0n) is 14.5. The molecule has 0 bridgehead atoms. The van der Waals surface area contributed by atoms with Gasteiger partial charge in [0.2, 0.25) is 0 Å². The summed E-state index contributed by atoms with van der Waals surface area (Å²) in [7, 11) is 0. The zero-order valence-corrected chi connectivity index (χ0v) is 15.2. The summed E-state index contributed by atoms with van der Waals surface area (Å²) in [4.78, 5) is 38.6. The molecule has 25 heavy (non-hydrogen) atoms. The maximum atomic E-state index is 12.2. The van der Waals surface area contributed by atoms with Gasteiger partial charge in [-0.2, -0.15) is 0 Å². The molecule has 0 saturated carbocycles. The molecule has 1 aromatic heterocycles. The lowest BCUT2D eigenvalue weighted by Crippen LogP contribution is -2.21. The molecule has 0 aliphatic rings. The van der Waals surface area contributed by atoms with E-state index in [1.54, 1.807) is 32.0 Å². The number of hydrogen-bond donors (Lipinski definition) is 2.